The van der Waals surface area contributed by atoms with Gasteiger partial charge in [-0.15, -0.1) is 29.7 Å². The number of imidazole rings is 1. The second-order valence-electron chi connectivity index (χ2n) is 31.2. The first kappa shape index (κ1) is 65.5. The van der Waals surface area contributed by atoms with Crippen LogP contribution in [0.15, 0.2) is 261 Å². The fourth-order valence-electron chi connectivity index (χ4n) is 16.4. The van der Waals surface area contributed by atoms with Crippen LogP contribution in [0.5, 0.6) is 11.5 Å². The minimum atomic E-state index is -3.09. The number of pyridine rings is 1. The Morgan fingerprint density at radius 3 is 1.55 bits per heavy atom. The van der Waals surface area contributed by atoms with E-state index in [9.17, 15) is 0 Å². The molecule has 0 bridgehead atoms. The summed E-state index contributed by atoms with van der Waals surface area (Å²) in [4.78, 5) is 4.95. The van der Waals surface area contributed by atoms with Crippen molar-refractivity contribution in [3.05, 3.63) is 307 Å². The van der Waals surface area contributed by atoms with E-state index in [1.165, 1.54) is 65.3 Å². The van der Waals surface area contributed by atoms with Gasteiger partial charge in [-0.1, -0.05) is 276 Å². The molecule has 99 heavy (non-hydrogen) atoms. The maximum Gasteiger partial charge on any atom is 0.268 e. The molecule has 0 aliphatic heterocycles. The third-order valence-electron chi connectivity index (χ3n) is 22.1. The minimum absolute atomic E-state index is 0. The average molecular weight is 1480 g/mol. The zero-order chi connectivity index (χ0) is 67.5. The molecular formula is C92H84N4OPtSi-2. The number of fused-ring (bicyclic) bond motifs is 6. The van der Waals surface area contributed by atoms with Gasteiger partial charge in [0.15, 0.2) is 8.07 Å². The largest absolute Gasteiger partial charge is 0.510 e. The molecule has 0 unspecified atom stereocenters. The fraction of sp³-hybridized carbons (Fsp3) is 0.217. The van der Waals surface area contributed by atoms with E-state index in [4.69, 9.17) is 9.72 Å². The molecule has 2 aliphatic carbocycles. The first-order valence-corrected chi connectivity index (χ1v) is 37.0. The second kappa shape index (κ2) is 24.8. The van der Waals surface area contributed by atoms with Crippen molar-refractivity contribution in [3.8, 4) is 62.1 Å². The van der Waals surface area contributed by atoms with E-state index in [-0.39, 0.29) is 48.1 Å². The van der Waals surface area contributed by atoms with Gasteiger partial charge in [-0.25, -0.2) is 4.98 Å². The predicted molar refractivity (Wildman–Crippen MR) is 409 cm³/mol. The van der Waals surface area contributed by atoms with Gasteiger partial charge in [0.25, 0.3) is 6.33 Å². The first-order chi connectivity index (χ1) is 47.2. The molecule has 494 valence electrons. The summed E-state index contributed by atoms with van der Waals surface area (Å²) in [5, 5.41) is 7.56. The zero-order valence-electron chi connectivity index (χ0n) is 58.7. The Kier molecular flexibility index (Phi) is 16.4. The number of benzene rings is 11. The zero-order valence-corrected chi connectivity index (χ0v) is 61.9. The minimum Gasteiger partial charge on any atom is -0.510 e. The molecule has 0 saturated carbocycles. The molecule has 0 fully saturated rings. The van der Waals surface area contributed by atoms with Crippen molar-refractivity contribution in [1.82, 2.24) is 14.1 Å². The van der Waals surface area contributed by atoms with Crippen LogP contribution in [-0.4, -0.2) is 22.2 Å². The molecule has 7 heteroatoms. The summed E-state index contributed by atoms with van der Waals surface area (Å²) in [6, 6.07) is 103. The second-order valence-corrected chi connectivity index (χ2v) is 35.0. The molecule has 5 nitrogen and oxygen atoms in total. The summed E-state index contributed by atoms with van der Waals surface area (Å²) in [5.41, 5.74) is 19.6. The molecule has 0 amide bonds. The Bertz CT molecular complexity index is 5220. The third-order valence-corrected chi connectivity index (χ3v) is 26.9. The van der Waals surface area contributed by atoms with Crippen molar-refractivity contribution in [2.24, 2.45) is 0 Å². The summed E-state index contributed by atoms with van der Waals surface area (Å²) in [5.74, 6) is 1.99. The van der Waals surface area contributed by atoms with E-state index < -0.39 is 8.07 Å². The number of rotatable bonds is 12. The molecule has 0 spiro atoms. The van der Waals surface area contributed by atoms with Gasteiger partial charge in [0.1, 0.15) is 5.82 Å². The van der Waals surface area contributed by atoms with Gasteiger partial charge in [0.2, 0.25) is 0 Å². The number of aromatic nitrogens is 4. The summed E-state index contributed by atoms with van der Waals surface area (Å²) >= 11 is 0. The van der Waals surface area contributed by atoms with E-state index in [2.05, 4.69) is 351 Å². The van der Waals surface area contributed by atoms with Crippen LogP contribution in [-0.2, 0) is 48.1 Å². The topological polar surface area (TPSA) is 35.9 Å². The Balaban J connectivity index is 0.00000798. The van der Waals surface area contributed by atoms with Gasteiger partial charge in [-0.2, -0.15) is 18.2 Å². The van der Waals surface area contributed by atoms with Gasteiger partial charge in [-0.3, -0.25) is 4.57 Å². The van der Waals surface area contributed by atoms with Crippen LogP contribution in [0.1, 0.15) is 130 Å². The molecule has 16 rings (SSSR count). The molecule has 2 aliphatic rings. The molecule has 3 heterocycles. The van der Waals surface area contributed by atoms with Crippen LogP contribution >= 0.6 is 0 Å². The van der Waals surface area contributed by atoms with Crippen LogP contribution < -0.4 is 30.1 Å². The van der Waals surface area contributed by atoms with E-state index in [1.54, 1.807) is 0 Å². The molecular weight excluding hydrogens is 1400 g/mol. The van der Waals surface area contributed by atoms with Crippen molar-refractivity contribution in [2.75, 3.05) is 0 Å². The predicted octanol–water partition coefficient (Wildman–Crippen LogP) is 20.0. The fourth-order valence-corrected chi connectivity index (χ4v) is 21.4. The Labute approximate surface area is 600 Å². The monoisotopic (exact) mass is 1480 g/mol. The summed E-state index contributed by atoms with van der Waals surface area (Å²) in [7, 11) is -3.09. The SMILES string of the molecule is CC(C)(C)c1ccnc(-n2c3[c-]c(Oc4[c-]c(-n5[c-][n+](-c6c(-c7ccc8c(c7)C(C)(C)CCC8(C)C)cc(-c7ccccc7[Si](c7ccccc7)(c7ccccc7)c7ccccc7)cc6-c6ccc7c(c6)C(C)(C)CCC7(C)C)c6ccccc65)ccc4)ccc3c3ccccc32)c1.[Pt]. The van der Waals surface area contributed by atoms with E-state index in [0.717, 1.165) is 92.4 Å². The quantitative estimate of drug-likeness (QED) is 0.0529. The standard InChI is InChI=1S/C92H84N4OSi.Pt/c1-88(2,3)65-48-53-93-86(58-65)96-81-38-23-21-37-73(81)74-45-44-68(60-84(74)96)97-67-29-27-28-66(59-67)94-61-95(83-40-25-24-39-82(83)94)87-75(62-42-46-77-79(56-62)91(8,9)51-49-89(77,4)5)54-64(55-76(87)63-43-47-78-80(57-63)92(10,11)52-50-90(78,6)7)72-36-22-26-41-85(72)98(69-30-15-12-16-31-69,70-32-17-13-18-33-70)71-34-19-14-20-35-71;/h12-48,53-58H,49-52H2,1-11H3;/q-2;. The summed E-state index contributed by atoms with van der Waals surface area (Å²) < 4.78 is 13.7. The smallest absolute Gasteiger partial charge is 0.268 e. The van der Waals surface area contributed by atoms with Crippen LogP contribution in [0.4, 0.5) is 0 Å². The molecule has 14 aromatic rings. The van der Waals surface area contributed by atoms with Gasteiger partial charge in [0.05, 0.1) is 16.7 Å². The molecule has 11 aromatic carbocycles. The number of hydrogen-bond acceptors (Lipinski definition) is 2. The van der Waals surface area contributed by atoms with Gasteiger partial charge in [-0.05, 0) is 176 Å². The van der Waals surface area contributed by atoms with Gasteiger partial charge in [0, 0.05) is 44.3 Å². The first-order valence-electron chi connectivity index (χ1n) is 35.0. The van der Waals surface area contributed by atoms with Crippen molar-refractivity contribution in [2.45, 2.75) is 129 Å². The van der Waals surface area contributed by atoms with Crippen molar-refractivity contribution in [3.63, 3.8) is 0 Å². The van der Waals surface area contributed by atoms with Crippen LogP contribution in [0.3, 0.4) is 0 Å². The maximum atomic E-state index is 6.92. The molecule has 0 N–H and O–H groups in total. The molecule has 0 saturated heterocycles. The van der Waals surface area contributed by atoms with Crippen LogP contribution in [0, 0.1) is 18.5 Å². The average Bonchev–Trinajstić information content (AvgIpc) is 1.39. The number of hydrogen-bond donors (Lipinski definition) is 0. The normalized spacial score (nSPS) is 15.3. The number of ether oxygens (including phenoxy) is 1. The Morgan fingerprint density at radius 2 is 0.960 bits per heavy atom. The number of nitrogens with zero attached hydrogens (tertiary/aromatic N) is 4. The van der Waals surface area contributed by atoms with E-state index in [0.29, 0.717) is 11.5 Å². The maximum absolute atomic E-state index is 6.92. The van der Waals surface area contributed by atoms with Crippen LogP contribution in [0.25, 0.3) is 83.4 Å². The van der Waals surface area contributed by atoms with Crippen LogP contribution in [0.2, 0.25) is 0 Å². The van der Waals surface area contributed by atoms with Crippen molar-refractivity contribution >= 4 is 61.7 Å². The summed E-state index contributed by atoms with van der Waals surface area (Å²) in [6.45, 7) is 26.3. The van der Waals surface area contributed by atoms with E-state index in [1.807, 2.05) is 18.3 Å². The molecule has 3 aromatic heterocycles. The number of para-hydroxylation sites is 3. The van der Waals surface area contributed by atoms with Crippen molar-refractivity contribution in [1.29, 1.82) is 0 Å². The Morgan fingerprint density at radius 1 is 0.444 bits per heavy atom. The van der Waals surface area contributed by atoms with Gasteiger partial charge >= 0.3 is 0 Å². The summed E-state index contributed by atoms with van der Waals surface area (Å²) in [6.07, 6.45) is 10.5. The van der Waals surface area contributed by atoms with Crippen molar-refractivity contribution < 1.29 is 30.4 Å². The van der Waals surface area contributed by atoms with Gasteiger partial charge < -0.3 is 13.9 Å². The molecule has 0 atom stereocenters. The van der Waals surface area contributed by atoms with E-state index >= 15 is 0 Å². The Hall–Kier alpha value is -9.45. The third kappa shape index (κ3) is 11.3. The molecule has 0 radical (unpaired) electrons.